The second kappa shape index (κ2) is 9.04. The maximum Gasteiger partial charge on any atom is 0.186 e. The highest BCUT2D eigenvalue weighted by molar-refractivity contribution is 5.64. The number of hydrogen-bond donors (Lipinski definition) is 0. The standard InChI is InChI=1S/C13H22O7/c1-15-8-9-10(19-7-5-6-14)11(16-2)12(17-3)13(18-4)20-9/h5-7,9-13H,8H2,1-4H3/b7-5+/t9-,10-,11+,12-,13+/m1/s1. The number of aldehydes is 1. The predicted octanol–water partition coefficient (Wildman–Crippen LogP) is 0.132. The van der Waals surface area contributed by atoms with Gasteiger partial charge in [-0.05, 0) is 0 Å². The summed E-state index contributed by atoms with van der Waals surface area (Å²) < 4.78 is 32.5. The van der Waals surface area contributed by atoms with Gasteiger partial charge in [0.25, 0.3) is 0 Å². The van der Waals surface area contributed by atoms with Crippen molar-refractivity contribution in [3.8, 4) is 0 Å². The van der Waals surface area contributed by atoms with Crippen LogP contribution >= 0.6 is 0 Å². The fraction of sp³-hybridized carbons (Fsp3) is 0.769. The molecule has 1 aliphatic heterocycles. The van der Waals surface area contributed by atoms with Crippen molar-refractivity contribution in [2.24, 2.45) is 0 Å². The minimum Gasteiger partial charge on any atom is -0.492 e. The average Bonchev–Trinajstić information content (AvgIpc) is 2.47. The molecule has 0 saturated carbocycles. The van der Waals surface area contributed by atoms with Crippen LogP contribution in [0.5, 0.6) is 0 Å². The van der Waals surface area contributed by atoms with Crippen molar-refractivity contribution in [3.05, 3.63) is 12.3 Å². The first kappa shape index (κ1) is 17.1. The van der Waals surface area contributed by atoms with Crippen LogP contribution in [0.25, 0.3) is 0 Å². The van der Waals surface area contributed by atoms with Crippen molar-refractivity contribution in [1.82, 2.24) is 0 Å². The molecule has 0 aliphatic carbocycles. The lowest BCUT2D eigenvalue weighted by atomic mass is 9.98. The zero-order valence-corrected chi connectivity index (χ0v) is 12.2. The Morgan fingerprint density at radius 2 is 1.70 bits per heavy atom. The van der Waals surface area contributed by atoms with Gasteiger partial charge in [-0.2, -0.15) is 0 Å². The summed E-state index contributed by atoms with van der Waals surface area (Å²) in [6, 6.07) is 0. The fourth-order valence-corrected chi connectivity index (χ4v) is 2.22. The molecule has 1 aliphatic rings. The van der Waals surface area contributed by atoms with Crippen molar-refractivity contribution in [2.75, 3.05) is 35.0 Å². The molecule has 1 rings (SSSR count). The highest BCUT2D eigenvalue weighted by atomic mass is 16.7. The fourth-order valence-electron chi connectivity index (χ4n) is 2.22. The summed E-state index contributed by atoms with van der Waals surface area (Å²) in [6.45, 7) is 0.301. The SMILES string of the molecule is COC[C@H]1O[C@H](OC)[C@H](OC)[C@@H](OC)[C@@H]1O/C=C/C=O. The Balaban J connectivity index is 2.91. The van der Waals surface area contributed by atoms with Gasteiger partial charge >= 0.3 is 0 Å². The minimum absolute atomic E-state index is 0.301. The van der Waals surface area contributed by atoms with Gasteiger partial charge in [0, 0.05) is 34.5 Å². The lowest BCUT2D eigenvalue weighted by molar-refractivity contribution is -0.304. The van der Waals surface area contributed by atoms with Crippen molar-refractivity contribution in [3.63, 3.8) is 0 Å². The highest BCUT2D eigenvalue weighted by Gasteiger charge is 2.48. The topological polar surface area (TPSA) is 72.5 Å². The first-order valence-corrected chi connectivity index (χ1v) is 6.22. The molecule has 116 valence electrons. The third kappa shape index (κ3) is 4.00. The summed E-state index contributed by atoms with van der Waals surface area (Å²) >= 11 is 0. The number of ether oxygens (including phenoxy) is 6. The zero-order chi connectivity index (χ0) is 15.0. The first-order valence-electron chi connectivity index (χ1n) is 6.22. The van der Waals surface area contributed by atoms with Crippen molar-refractivity contribution in [1.29, 1.82) is 0 Å². The molecule has 0 unspecified atom stereocenters. The van der Waals surface area contributed by atoms with Gasteiger partial charge in [-0.15, -0.1) is 0 Å². The second-order valence-corrected chi connectivity index (χ2v) is 4.20. The quantitative estimate of drug-likeness (QED) is 0.357. The van der Waals surface area contributed by atoms with Crippen LogP contribution in [-0.4, -0.2) is 72.0 Å². The average molecular weight is 290 g/mol. The monoisotopic (exact) mass is 290 g/mol. The van der Waals surface area contributed by atoms with Gasteiger partial charge in [-0.1, -0.05) is 0 Å². The van der Waals surface area contributed by atoms with Crippen LogP contribution in [0.1, 0.15) is 0 Å². The molecule has 0 aromatic heterocycles. The van der Waals surface area contributed by atoms with Crippen LogP contribution in [0.2, 0.25) is 0 Å². The van der Waals surface area contributed by atoms with Crippen LogP contribution in [0, 0.1) is 0 Å². The largest absolute Gasteiger partial charge is 0.492 e. The van der Waals surface area contributed by atoms with Crippen LogP contribution < -0.4 is 0 Å². The third-order valence-electron chi connectivity index (χ3n) is 3.09. The van der Waals surface area contributed by atoms with Gasteiger partial charge in [0.05, 0.1) is 12.9 Å². The van der Waals surface area contributed by atoms with Crippen LogP contribution in [0.4, 0.5) is 0 Å². The molecular weight excluding hydrogens is 268 g/mol. The normalized spacial score (nSPS) is 34.3. The minimum atomic E-state index is -0.583. The van der Waals surface area contributed by atoms with E-state index in [1.54, 1.807) is 21.3 Å². The summed E-state index contributed by atoms with van der Waals surface area (Å²) in [5.41, 5.74) is 0. The number of rotatable bonds is 8. The molecule has 0 bridgehead atoms. The number of hydrogen-bond acceptors (Lipinski definition) is 7. The van der Waals surface area contributed by atoms with E-state index >= 15 is 0 Å². The molecule has 1 saturated heterocycles. The molecule has 0 radical (unpaired) electrons. The molecule has 1 heterocycles. The van der Waals surface area contributed by atoms with Crippen molar-refractivity contribution < 1.29 is 33.2 Å². The summed E-state index contributed by atoms with van der Waals surface area (Å²) in [6.07, 6.45) is 0.840. The van der Waals surface area contributed by atoms with Gasteiger partial charge < -0.3 is 28.4 Å². The Labute approximate surface area is 118 Å². The van der Waals surface area contributed by atoms with Gasteiger partial charge in [-0.3, -0.25) is 4.79 Å². The van der Waals surface area contributed by atoms with Gasteiger partial charge in [-0.25, -0.2) is 0 Å². The maximum atomic E-state index is 10.3. The Kier molecular flexibility index (Phi) is 7.71. The smallest absolute Gasteiger partial charge is 0.186 e. The Morgan fingerprint density at radius 1 is 1.00 bits per heavy atom. The second-order valence-electron chi connectivity index (χ2n) is 4.20. The number of allylic oxidation sites excluding steroid dienone is 1. The summed E-state index contributed by atoms with van der Waals surface area (Å²) in [5.74, 6) is 0. The maximum absolute atomic E-state index is 10.3. The molecule has 0 spiro atoms. The first-order chi connectivity index (χ1) is 9.73. The van der Waals surface area contributed by atoms with E-state index in [2.05, 4.69) is 0 Å². The van der Waals surface area contributed by atoms with Crippen molar-refractivity contribution >= 4 is 6.29 Å². The van der Waals surface area contributed by atoms with E-state index in [9.17, 15) is 4.79 Å². The Morgan fingerprint density at radius 3 is 2.20 bits per heavy atom. The van der Waals surface area contributed by atoms with E-state index in [-0.39, 0.29) is 0 Å². The lowest BCUT2D eigenvalue weighted by Crippen LogP contribution is -2.60. The highest BCUT2D eigenvalue weighted by Crippen LogP contribution is 2.28. The molecule has 7 heteroatoms. The van der Waals surface area contributed by atoms with Crippen LogP contribution in [-0.2, 0) is 33.2 Å². The van der Waals surface area contributed by atoms with E-state index in [0.29, 0.717) is 12.9 Å². The lowest BCUT2D eigenvalue weighted by Gasteiger charge is -2.43. The predicted molar refractivity (Wildman–Crippen MR) is 69.2 cm³/mol. The summed E-state index contributed by atoms with van der Waals surface area (Å²) in [7, 11) is 6.19. The summed E-state index contributed by atoms with van der Waals surface area (Å²) in [4.78, 5) is 10.3. The van der Waals surface area contributed by atoms with E-state index in [0.717, 1.165) is 0 Å². The number of carbonyl (C=O) groups is 1. The van der Waals surface area contributed by atoms with E-state index in [4.69, 9.17) is 28.4 Å². The molecule has 7 nitrogen and oxygen atoms in total. The van der Waals surface area contributed by atoms with Gasteiger partial charge in [0.15, 0.2) is 12.4 Å². The molecular formula is C13H22O7. The van der Waals surface area contributed by atoms with E-state index in [1.807, 2.05) is 0 Å². The molecule has 0 N–H and O–H groups in total. The molecule has 0 aromatic rings. The number of methoxy groups -OCH3 is 4. The van der Waals surface area contributed by atoms with E-state index in [1.165, 1.54) is 19.4 Å². The molecule has 20 heavy (non-hydrogen) atoms. The molecule has 0 amide bonds. The summed E-state index contributed by atoms with van der Waals surface area (Å²) in [5, 5.41) is 0. The van der Waals surface area contributed by atoms with Crippen LogP contribution in [0.3, 0.4) is 0 Å². The zero-order valence-electron chi connectivity index (χ0n) is 12.2. The van der Waals surface area contributed by atoms with Gasteiger partial charge in [0.1, 0.15) is 24.6 Å². The van der Waals surface area contributed by atoms with E-state index < -0.39 is 30.7 Å². The molecule has 1 fully saturated rings. The molecule has 5 atom stereocenters. The van der Waals surface area contributed by atoms with Gasteiger partial charge in [0.2, 0.25) is 0 Å². The Bertz CT molecular complexity index is 307. The van der Waals surface area contributed by atoms with Crippen LogP contribution in [0.15, 0.2) is 12.3 Å². The Hall–Kier alpha value is -0.990. The number of carbonyl (C=O) groups excluding carboxylic acids is 1. The third-order valence-corrected chi connectivity index (χ3v) is 3.09. The molecule has 0 aromatic carbocycles. The van der Waals surface area contributed by atoms with Crippen molar-refractivity contribution in [2.45, 2.75) is 30.7 Å².